The predicted molar refractivity (Wildman–Crippen MR) is 82.5 cm³/mol. The summed E-state index contributed by atoms with van der Waals surface area (Å²) in [6, 6.07) is 10.5. The van der Waals surface area contributed by atoms with Gasteiger partial charge >= 0.3 is 0 Å². The van der Waals surface area contributed by atoms with Crippen LogP contribution in [0.15, 0.2) is 42.0 Å². The second-order valence-corrected chi connectivity index (χ2v) is 7.16. The van der Waals surface area contributed by atoms with E-state index >= 15 is 0 Å². The lowest BCUT2D eigenvalue weighted by Crippen LogP contribution is -2.32. The average molecular weight is 268 g/mol. The smallest absolute Gasteiger partial charge is 0.165 e. The van der Waals surface area contributed by atoms with Crippen LogP contribution in [0, 0.1) is 16.7 Å². The van der Waals surface area contributed by atoms with Crippen LogP contribution in [0.5, 0.6) is 0 Å². The molecule has 0 radical (unpaired) electrons. The van der Waals surface area contributed by atoms with Crippen molar-refractivity contribution in [3.8, 4) is 0 Å². The molecular weight excluding hydrogens is 244 g/mol. The van der Waals surface area contributed by atoms with Crippen LogP contribution in [-0.2, 0) is 11.2 Å². The maximum atomic E-state index is 12.7. The number of allylic oxidation sites excluding steroid dienone is 2. The number of rotatable bonds is 3. The first-order valence-electron chi connectivity index (χ1n) is 7.75. The molecule has 1 aromatic rings. The van der Waals surface area contributed by atoms with Crippen molar-refractivity contribution in [3.05, 3.63) is 47.5 Å². The fraction of sp³-hybridized carbons (Fsp3) is 0.526. The number of carbonyl (C=O) groups is 1. The fourth-order valence-electron chi connectivity index (χ4n) is 4.20. The Morgan fingerprint density at radius 1 is 1.20 bits per heavy atom. The highest BCUT2D eigenvalue weighted by molar-refractivity contribution is 6.04. The molecule has 0 amide bonds. The van der Waals surface area contributed by atoms with Crippen molar-refractivity contribution >= 4 is 5.78 Å². The summed E-state index contributed by atoms with van der Waals surface area (Å²) in [5.41, 5.74) is 2.50. The van der Waals surface area contributed by atoms with Gasteiger partial charge in [-0.3, -0.25) is 4.79 Å². The largest absolute Gasteiger partial charge is 0.294 e. The minimum atomic E-state index is -0.115. The Bertz CT molecular complexity index is 552. The molecule has 3 rings (SSSR count). The van der Waals surface area contributed by atoms with Gasteiger partial charge in [-0.2, -0.15) is 0 Å². The summed E-state index contributed by atoms with van der Waals surface area (Å²) in [6.45, 7) is 6.73. The van der Waals surface area contributed by atoms with Gasteiger partial charge in [0.2, 0.25) is 0 Å². The van der Waals surface area contributed by atoms with Gasteiger partial charge in [0, 0.05) is 5.41 Å². The molecule has 0 N–H and O–H groups in total. The Morgan fingerprint density at radius 3 is 2.50 bits per heavy atom. The second kappa shape index (κ2) is 4.58. The van der Waals surface area contributed by atoms with Gasteiger partial charge in [0.05, 0.1) is 0 Å². The number of Topliss-reactive ketones (excluding diaryl/α,β-unsaturated/α-hetero) is 1. The lowest BCUT2D eigenvalue weighted by Gasteiger charge is -2.31. The molecule has 20 heavy (non-hydrogen) atoms. The van der Waals surface area contributed by atoms with E-state index in [1.165, 1.54) is 12.0 Å². The van der Waals surface area contributed by atoms with Gasteiger partial charge in [-0.05, 0) is 48.2 Å². The predicted octanol–water partition coefficient (Wildman–Crippen LogP) is 4.57. The number of ketones is 1. The number of hydrogen-bond donors (Lipinski definition) is 0. The van der Waals surface area contributed by atoms with Crippen LogP contribution in [0.3, 0.4) is 0 Å². The first-order valence-corrected chi connectivity index (χ1v) is 7.75. The van der Waals surface area contributed by atoms with Gasteiger partial charge in [-0.25, -0.2) is 0 Å². The van der Waals surface area contributed by atoms with Crippen molar-refractivity contribution in [2.24, 2.45) is 16.7 Å². The molecule has 1 aromatic carbocycles. The van der Waals surface area contributed by atoms with Crippen LogP contribution in [0.4, 0.5) is 0 Å². The Labute approximate surface area is 122 Å². The standard InChI is InChI=1S/C19H24O/c1-18(2)16-12-13-19(18,3)17(20)15(16)11-7-10-14-8-5-4-6-9-14/h4-6,8-9,11,16H,7,10,12-13H2,1-3H3/t16-,19-/m0/s1. The van der Waals surface area contributed by atoms with Crippen molar-refractivity contribution in [3.63, 3.8) is 0 Å². The number of benzene rings is 1. The van der Waals surface area contributed by atoms with Crippen molar-refractivity contribution in [1.29, 1.82) is 0 Å². The highest BCUT2D eigenvalue weighted by atomic mass is 16.1. The van der Waals surface area contributed by atoms with Gasteiger partial charge in [-0.15, -0.1) is 0 Å². The Kier molecular flexibility index (Phi) is 3.12. The molecule has 0 aliphatic heterocycles. The molecule has 2 atom stereocenters. The van der Waals surface area contributed by atoms with E-state index in [4.69, 9.17) is 0 Å². The van der Waals surface area contributed by atoms with Crippen LogP contribution in [0.2, 0.25) is 0 Å². The molecule has 1 heteroatoms. The van der Waals surface area contributed by atoms with Gasteiger partial charge in [-0.1, -0.05) is 57.2 Å². The fourth-order valence-corrected chi connectivity index (χ4v) is 4.20. The number of hydrogen-bond acceptors (Lipinski definition) is 1. The van der Waals surface area contributed by atoms with E-state index in [0.29, 0.717) is 11.7 Å². The first kappa shape index (κ1) is 13.6. The molecule has 2 fully saturated rings. The van der Waals surface area contributed by atoms with Crippen molar-refractivity contribution < 1.29 is 4.79 Å². The highest BCUT2D eigenvalue weighted by Gasteiger charge is 2.63. The van der Waals surface area contributed by atoms with Crippen molar-refractivity contribution in [2.45, 2.75) is 46.5 Å². The van der Waals surface area contributed by atoms with Crippen LogP contribution < -0.4 is 0 Å². The summed E-state index contributed by atoms with van der Waals surface area (Å²) in [4.78, 5) is 12.7. The molecule has 2 bridgehead atoms. The molecule has 2 aliphatic carbocycles. The third kappa shape index (κ3) is 1.79. The summed E-state index contributed by atoms with van der Waals surface area (Å²) in [7, 11) is 0. The third-order valence-electron chi connectivity index (χ3n) is 6.01. The topological polar surface area (TPSA) is 17.1 Å². The average Bonchev–Trinajstić information content (AvgIpc) is 2.74. The molecule has 2 saturated carbocycles. The maximum Gasteiger partial charge on any atom is 0.165 e. The normalized spacial score (nSPS) is 33.0. The summed E-state index contributed by atoms with van der Waals surface area (Å²) in [6.07, 6.45) is 6.49. The number of fused-ring (bicyclic) bond motifs is 2. The Hall–Kier alpha value is -1.37. The third-order valence-corrected chi connectivity index (χ3v) is 6.01. The molecule has 0 aromatic heterocycles. The van der Waals surface area contributed by atoms with E-state index in [0.717, 1.165) is 24.8 Å². The Balaban J connectivity index is 1.76. The quantitative estimate of drug-likeness (QED) is 0.734. The van der Waals surface area contributed by atoms with E-state index in [-0.39, 0.29) is 10.8 Å². The summed E-state index contributed by atoms with van der Waals surface area (Å²) >= 11 is 0. The van der Waals surface area contributed by atoms with Gasteiger partial charge in [0.15, 0.2) is 5.78 Å². The number of aryl methyl sites for hydroxylation is 1. The van der Waals surface area contributed by atoms with Crippen LogP contribution in [-0.4, -0.2) is 5.78 Å². The van der Waals surface area contributed by atoms with E-state index in [9.17, 15) is 4.79 Å². The first-order chi connectivity index (χ1) is 9.47. The molecule has 106 valence electrons. The zero-order chi connectivity index (χ0) is 14.4. The van der Waals surface area contributed by atoms with Crippen LogP contribution in [0.1, 0.15) is 45.6 Å². The van der Waals surface area contributed by atoms with E-state index in [2.05, 4.69) is 51.1 Å². The second-order valence-electron chi connectivity index (χ2n) is 7.16. The minimum absolute atomic E-state index is 0.115. The monoisotopic (exact) mass is 268 g/mol. The molecular formula is C19H24O. The molecule has 0 spiro atoms. The molecule has 1 nitrogen and oxygen atoms in total. The minimum Gasteiger partial charge on any atom is -0.294 e. The molecule has 2 aliphatic rings. The van der Waals surface area contributed by atoms with Crippen molar-refractivity contribution in [2.75, 3.05) is 0 Å². The highest BCUT2D eigenvalue weighted by Crippen LogP contribution is 2.65. The van der Waals surface area contributed by atoms with E-state index < -0.39 is 0 Å². The van der Waals surface area contributed by atoms with Gasteiger partial charge < -0.3 is 0 Å². The van der Waals surface area contributed by atoms with E-state index in [1.54, 1.807) is 0 Å². The number of carbonyl (C=O) groups excluding carboxylic acids is 1. The molecule has 0 heterocycles. The van der Waals surface area contributed by atoms with Gasteiger partial charge in [0.1, 0.15) is 0 Å². The summed E-state index contributed by atoms with van der Waals surface area (Å²) < 4.78 is 0. The zero-order valence-corrected chi connectivity index (χ0v) is 12.8. The lowest BCUT2D eigenvalue weighted by atomic mass is 9.70. The maximum absolute atomic E-state index is 12.7. The zero-order valence-electron chi connectivity index (χ0n) is 12.8. The van der Waals surface area contributed by atoms with Crippen LogP contribution >= 0.6 is 0 Å². The Morgan fingerprint density at radius 2 is 1.90 bits per heavy atom. The van der Waals surface area contributed by atoms with Crippen LogP contribution in [0.25, 0.3) is 0 Å². The van der Waals surface area contributed by atoms with E-state index in [1.807, 2.05) is 6.07 Å². The SMILES string of the molecule is CC1(C)[C@H]2CC[C@@]1(C)C(=O)C2=CCCc1ccccc1. The lowest BCUT2D eigenvalue weighted by molar-refractivity contribution is -0.125. The molecule has 0 saturated heterocycles. The summed E-state index contributed by atoms with van der Waals surface area (Å²) in [5.74, 6) is 0.905. The summed E-state index contributed by atoms with van der Waals surface area (Å²) in [5, 5.41) is 0. The van der Waals surface area contributed by atoms with Crippen molar-refractivity contribution in [1.82, 2.24) is 0 Å². The molecule has 0 unspecified atom stereocenters. The van der Waals surface area contributed by atoms with Gasteiger partial charge in [0.25, 0.3) is 0 Å².